The second kappa shape index (κ2) is 6.09. The van der Waals surface area contributed by atoms with Crippen molar-refractivity contribution in [1.82, 2.24) is 0 Å². The van der Waals surface area contributed by atoms with Crippen LogP contribution in [0.5, 0.6) is 5.75 Å². The van der Waals surface area contributed by atoms with E-state index in [1.165, 1.54) is 5.56 Å². The first-order valence-electron chi connectivity index (χ1n) is 6.68. The van der Waals surface area contributed by atoms with Gasteiger partial charge in [0, 0.05) is 0 Å². The summed E-state index contributed by atoms with van der Waals surface area (Å²) in [5.41, 5.74) is 1.60. The van der Waals surface area contributed by atoms with Gasteiger partial charge in [0.05, 0.1) is 12.5 Å². The zero-order valence-corrected chi connectivity index (χ0v) is 12.5. The molecule has 0 fully saturated rings. The largest absolute Gasteiger partial charge is 0.496 e. The second-order valence-electron chi connectivity index (χ2n) is 5.92. The van der Waals surface area contributed by atoms with Crippen molar-refractivity contribution >= 4 is 5.97 Å². The molecule has 1 aromatic rings. The summed E-state index contributed by atoms with van der Waals surface area (Å²) < 4.78 is 5.41. The smallest absolute Gasteiger partial charge is 0.309 e. The minimum Gasteiger partial charge on any atom is -0.496 e. The molecule has 0 aliphatic heterocycles. The lowest BCUT2D eigenvalue weighted by Crippen LogP contribution is -2.24. The first-order chi connectivity index (χ1) is 8.77. The van der Waals surface area contributed by atoms with Crippen molar-refractivity contribution in [1.29, 1.82) is 0 Å². The SMILES string of the molecule is COc1cc(C(C)C)ccc1CCC(C)(C)C(=O)O. The highest BCUT2D eigenvalue weighted by molar-refractivity contribution is 5.73. The van der Waals surface area contributed by atoms with Gasteiger partial charge >= 0.3 is 5.97 Å². The lowest BCUT2D eigenvalue weighted by atomic mass is 9.86. The molecule has 0 spiro atoms. The molecule has 0 aliphatic rings. The van der Waals surface area contributed by atoms with E-state index in [4.69, 9.17) is 9.84 Å². The Labute approximate surface area is 115 Å². The molecule has 3 heteroatoms. The molecular formula is C16H24O3. The summed E-state index contributed by atoms with van der Waals surface area (Å²) in [4.78, 5) is 11.1. The van der Waals surface area contributed by atoms with E-state index in [1.54, 1.807) is 21.0 Å². The van der Waals surface area contributed by atoms with Crippen LogP contribution in [0.4, 0.5) is 0 Å². The molecule has 0 aliphatic carbocycles. The van der Waals surface area contributed by atoms with E-state index in [0.717, 1.165) is 11.3 Å². The molecular weight excluding hydrogens is 240 g/mol. The zero-order valence-electron chi connectivity index (χ0n) is 12.5. The summed E-state index contributed by atoms with van der Waals surface area (Å²) in [6, 6.07) is 6.19. The number of aliphatic carboxylic acids is 1. The maximum absolute atomic E-state index is 11.1. The van der Waals surface area contributed by atoms with Gasteiger partial charge in [-0.1, -0.05) is 26.0 Å². The van der Waals surface area contributed by atoms with Gasteiger partial charge in [0.25, 0.3) is 0 Å². The van der Waals surface area contributed by atoms with Gasteiger partial charge in [-0.25, -0.2) is 0 Å². The number of ether oxygens (including phenoxy) is 1. The maximum Gasteiger partial charge on any atom is 0.309 e. The van der Waals surface area contributed by atoms with Gasteiger partial charge in [-0.3, -0.25) is 4.79 Å². The molecule has 1 N–H and O–H groups in total. The summed E-state index contributed by atoms with van der Waals surface area (Å²) >= 11 is 0. The third-order valence-electron chi connectivity index (χ3n) is 3.58. The molecule has 0 saturated carbocycles. The fraction of sp³-hybridized carbons (Fsp3) is 0.562. The van der Waals surface area contributed by atoms with Crippen molar-refractivity contribution in [2.24, 2.45) is 5.41 Å². The number of aryl methyl sites for hydroxylation is 1. The quantitative estimate of drug-likeness (QED) is 0.848. The first kappa shape index (κ1) is 15.5. The van der Waals surface area contributed by atoms with Crippen molar-refractivity contribution < 1.29 is 14.6 Å². The lowest BCUT2D eigenvalue weighted by molar-refractivity contribution is -0.147. The normalized spacial score (nSPS) is 11.7. The predicted molar refractivity (Wildman–Crippen MR) is 76.8 cm³/mol. The van der Waals surface area contributed by atoms with Gasteiger partial charge < -0.3 is 9.84 Å². The van der Waals surface area contributed by atoms with Gasteiger partial charge in [-0.2, -0.15) is 0 Å². The number of methoxy groups -OCH3 is 1. The van der Waals surface area contributed by atoms with Crippen LogP contribution in [0.3, 0.4) is 0 Å². The third kappa shape index (κ3) is 3.98. The molecule has 19 heavy (non-hydrogen) atoms. The maximum atomic E-state index is 11.1. The Balaban J connectivity index is 2.87. The number of carboxylic acid groups (broad SMARTS) is 1. The van der Waals surface area contributed by atoms with Crippen molar-refractivity contribution in [2.45, 2.75) is 46.5 Å². The molecule has 1 rings (SSSR count). The Hall–Kier alpha value is -1.51. The van der Waals surface area contributed by atoms with E-state index in [0.29, 0.717) is 18.8 Å². The van der Waals surface area contributed by atoms with E-state index in [-0.39, 0.29) is 0 Å². The Morgan fingerprint density at radius 1 is 1.37 bits per heavy atom. The van der Waals surface area contributed by atoms with Crippen LogP contribution in [0.15, 0.2) is 18.2 Å². The molecule has 0 heterocycles. The minimum absolute atomic E-state index is 0.457. The Morgan fingerprint density at radius 2 is 2.00 bits per heavy atom. The molecule has 0 aromatic heterocycles. The molecule has 0 amide bonds. The highest BCUT2D eigenvalue weighted by Gasteiger charge is 2.27. The Bertz CT molecular complexity index is 447. The molecule has 1 aromatic carbocycles. The number of hydrogen-bond donors (Lipinski definition) is 1. The summed E-state index contributed by atoms with van der Waals surface area (Å²) in [6.45, 7) is 7.79. The van der Waals surface area contributed by atoms with Crippen LogP contribution >= 0.6 is 0 Å². The standard InChI is InChI=1S/C16H24O3/c1-11(2)13-7-6-12(14(10-13)19-5)8-9-16(3,4)15(17)18/h6-7,10-11H,8-9H2,1-5H3,(H,17,18). The van der Waals surface area contributed by atoms with Crippen LogP contribution in [-0.4, -0.2) is 18.2 Å². The molecule has 0 unspecified atom stereocenters. The Kier molecular flexibility index (Phi) is 4.98. The van der Waals surface area contributed by atoms with Gasteiger partial charge in [-0.05, 0) is 49.8 Å². The summed E-state index contributed by atoms with van der Waals surface area (Å²) in [7, 11) is 1.66. The molecule has 0 radical (unpaired) electrons. The van der Waals surface area contributed by atoms with Crippen LogP contribution in [0.25, 0.3) is 0 Å². The summed E-state index contributed by atoms with van der Waals surface area (Å²) in [5.74, 6) is 0.552. The van der Waals surface area contributed by atoms with Gasteiger partial charge in [0.15, 0.2) is 0 Å². The fourth-order valence-corrected chi connectivity index (χ4v) is 1.88. The first-order valence-corrected chi connectivity index (χ1v) is 6.68. The van der Waals surface area contributed by atoms with E-state index in [9.17, 15) is 4.79 Å². The highest BCUT2D eigenvalue weighted by Crippen LogP contribution is 2.29. The predicted octanol–water partition coefficient (Wildman–Crippen LogP) is 3.86. The topological polar surface area (TPSA) is 46.5 Å². The van der Waals surface area contributed by atoms with E-state index in [2.05, 4.69) is 19.9 Å². The van der Waals surface area contributed by atoms with Crippen molar-refractivity contribution in [3.63, 3.8) is 0 Å². The number of carbonyl (C=O) groups is 1. The van der Waals surface area contributed by atoms with E-state index in [1.807, 2.05) is 12.1 Å². The highest BCUT2D eigenvalue weighted by atomic mass is 16.5. The minimum atomic E-state index is -0.759. The molecule has 0 saturated heterocycles. The zero-order chi connectivity index (χ0) is 14.6. The van der Waals surface area contributed by atoms with Crippen LogP contribution < -0.4 is 4.74 Å². The average molecular weight is 264 g/mol. The van der Waals surface area contributed by atoms with Gasteiger partial charge in [0.2, 0.25) is 0 Å². The number of carboxylic acids is 1. The number of benzene rings is 1. The molecule has 0 bridgehead atoms. The van der Waals surface area contributed by atoms with Gasteiger partial charge in [0.1, 0.15) is 5.75 Å². The molecule has 3 nitrogen and oxygen atoms in total. The van der Waals surface area contributed by atoms with Crippen molar-refractivity contribution in [2.75, 3.05) is 7.11 Å². The van der Waals surface area contributed by atoms with E-state index >= 15 is 0 Å². The van der Waals surface area contributed by atoms with Crippen LogP contribution in [0, 0.1) is 5.41 Å². The average Bonchev–Trinajstić information content (AvgIpc) is 2.35. The molecule has 106 valence electrons. The number of rotatable bonds is 6. The Morgan fingerprint density at radius 3 is 2.47 bits per heavy atom. The van der Waals surface area contributed by atoms with Crippen LogP contribution in [-0.2, 0) is 11.2 Å². The molecule has 0 atom stereocenters. The van der Waals surface area contributed by atoms with Crippen molar-refractivity contribution in [3.8, 4) is 5.75 Å². The lowest BCUT2D eigenvalue weighted by Gasteiger charge is -2.20. The monoisotopic (exact) mass is 264 g/mol. The second-order valence-corrected chi connectivity index (χ2v) is 5.92. The van der Waals surface area contributed by atoms with E-state index < -0.39 is 11.4 Å². The van der Waals surface area contributed by atoms with Crippen LogP contribution in [0.2, 0.25) is 0 Å². The van der Waals surface area contributed by atoms with Crippen molar-refractivity contribution in [3.05, 3.63) is 29.3 Å². The number of hydrogen-bond acceptors (Lipinski definition) is 2. The third-order valence-corrected chi connectivity index (χ3v) is 3.58. The van der Waals surface area contributed by atoms with Crippen LogP contribution in [0.1, 0.15) is 51.2 Å². The van der Waals surface area contributed by atoms with Gasteiger partial charge in [-0.15, -0.1) is 0 Å². The summed E-state index contributed by atoms with van der Waals surface area (Å²) in [5, 5.41) is 9.13. The fourth-order valence-electron chi connectivity index (χ4n) is 1.88. The summed E-state index contributed by atoms with van der Waals surface area (Å²) in [6.07, 6.45) is 1.31.